The van der Waals surface area contributed by atoms with Gasteiger partial charge in [-0.25, -0.2) is 4.99 Å². The number of hydrogen-bond donors (Lipinski definition) is 1. The molecule has 0 aromatic heterocycles. The molecule has 0 aliphatic heterocycles. The Morgan fingerprint density at radius 1 is 0.818 bits per heavy atom. The van der Waals surface area contributed by atoms with E-state index >= 15 is 0 Å². The summed E-state index contributed by atoms with van der Waals surface area (Å²) >= 11 is 0. The van der Waals surface area contributed by atoms with E-state index in [1.165, 1.54) is 11.1 Å². The van der Waals surface area contributed by atoms with Gasteiger partial charge in [0.1, 0.15) is 0 Å². The van der Waals surface area contributed by atoms with Crippen LogP contribution in [0, 0.1) is 5.41 Å². The SMILES string of the molecule is CCC1=CC(=Nc2c(CC)cccc2CC)C=C(CC)C1=N. The van der Waals surface area contributed by atoms with Crippen molar-refractivity contribution >= 4 is 17.1 Å². The Labute approximate surface area is 134 Å². The number of nitrogens with zero attached hydrogens (tertiary/aromatic N) is 1. The molecule has 116 valence electrons. The fourth-order valence-corrected chi connectivity index (χ4v) is 2.86. The van der Waals surface area contributed by atoms with Gasteiger partial charge in [-0.2, -0.15) is 0 Å². The Kier molecular flexibility index (Phi) is 5.48. The summed E-state index contributed by atoms with van der Waals surface area (Å²) in [6.45, 7) is 8.56. The zero-order valence-electron chi connectivity index (χ0n) is 14.2. The number of aryl methyl sites for hydroxylation is 2. The fraction of sp³-hybridized carbons (Fsp3) is 0.400. The van der Waals surface area contributed by atoms with Crippen molar-refractivity contribution in [3.8, 4) is 0 Å². The fourth-order valence-electron chi connectivity index (χ4n) is 2.86. The molecule has 0 unspecified atom stereocenters. The van der Waals surface area contributed by atoms with Crippen molar-refractivity contribution in [2.45, 2.75) is 53.4 Å². The van der Waals surface area contributed by atoms with E-state index in [9.17, 15) is 0 Å². The van der Waals surface area contributed by atoms with Crippen molar-refractivity contribution < 1.29 is 0 Å². The highest BCUT2D eigenvalue weighted by molar-refractivity contribution is 6.23. The van der Waals surface area contributed by atoms with Gasteiger partial charge in [-0.15, -0.1) is 0 Å². The van der Waals surface area contributed by atoms with Crippen LogP contribution < -0.4 is 0 Å². The summed E-state index contributed by atoms with van der Waals surface area (Å²) in [4.78, 5) is 4.96. The van der Waals surface area contributed by atoms with E-state index < -0.39 is 0 Å². The molecular weight excluding hydrogens is 268 g/mol. The molecule has 0 amide bonds. The highest BCUT2D eigenvalue weighted by atomic mass is 14.8. The van der Waals surface area contributed by atoms with Crippen molar-refractivity contribution in [3.05, 3.63) is 52.6 Å². The second-order valence-corrected chi connectivity index (χ2v) is 5.59. The van der Waals surface area contributed by atoms with Gasteiger partial charge in [0.25, 0.3) is 0 Å². The topological polar surface area (TPSA) is 36.2 Å². The zero-order valence-corrected chi connectivity index (χ0v) is 14.2. The Hall–Kier alpha value is -1.96. The van der Waals surface area contributed by atoms with Crippen LogP contribution in [0.4, 0.5) is 5.69 Å². The maximum Gasteiger partial charge on any atom is 0.0700 e. The third kappa shape index (κ3) is 3.27. The van der Waals surface area contributed by atoms with Crippen LogP contribution in [0.3, 0.4) is 0 Å². The van der Waals surface area contributed by atoms with Crippen molar-refractivity contribution in [1.82, 2.24) is 0 Å². The van der Waals surface area contributed by atoms with Crippen LogP contribution >= 0.6 is 0 Å². The van der Waals surface area contributed by atoms with Gasteiger partial charge in [-0.3, -0.25) is 0 Å². The predicted octanol–water partition coefficient (Wildman–Crippen LogP) is 5.59. The molecule has 0 heterocycles. The largest absolute Gasteiger partial charge is 0.300 e. The van der Waals surface area contributed by atoms with E-state index in [1.54, 1.807) is 0 Å². The maximum atomic E-state index is 8.24. The predicted molar refractivity (Wildman–Crippen MR) is 96.8 cm³/mol. The molecule has 2 rings (SSSR count). The lowest BCUT2D eigenvalue weighted by molar-refractivity contribution is 1.08. The van der Waals surface area contributed by atoms with E-state index in [2.05, 4.69) is 58.0 Å². The van der Waals surface area contributed by atoms with Crippen LogP contribution in [0.5, 0.6) is 0 Å². The number of nitrogens with one attached hydrogen (secondary N) is 1. The molecule has 1 N–H and O–H groups in total. The van der Waals surface area contributed by atoms with Crippen molar-refractivity contribution in [1.29, 1.82) is 5.41 Å². The van der Waals surface area contributed by atoms with Crippen LogP contribution in [0.25, 0.3) is 0 Å². The number of rotatable bonds is 5. The lowest BCUT2D eigenvalue weighted by Crippen LogP contribution is -2.13. The summed E-state index contributed by atoms with van der Waals surface area (Å²) in [6.07, 6.45) is 7.90. The molecule has 1 aliphatic rings. The Balaban J connectivity index is 2.55. The average Bonchev–Trinajstić information content (AvgIpc) is 2.56. The molecule has 0 radical (unpaired) electrons. The van der Waals surface area contributed by atoms with Crippen molar-refractivity contribution in [2.24, 2.45) is 4.99 Å². The van der Waals surface area contributed by atoms with Gasteiger partial charge in [0.05, 0.1) is 17.1 Å². The summed E-state index contributed by atoms with van der Waals surface area (Å²) in [6, 6.07) is 6.45. The lowest BCUT2D eigenvalue weighted by atomic mass is 9.91. The summed E-state index contributed by atoms with van der Waals surface area (Å²) < 4.78 is 0. The Morgan fingerprint density at radius 2 is 1.32 bits per heavy atom. The molecule has 2 heteroatoms. The molecule has 0 bridgehead atoms. The van der Waals surface area contributed by atoms with Gasteiger partial charge >= 0.3 is 0 Å². The third-order valence-corrected chi connectivity index (χ3v) is 4.25. The first kappa shape index (κ1) is 16.4. The van der Waals surface area contributed by atoms with Gasteiger partial charge in [0, 0.05) is 0 Å². The van der Waals surface area contributed by atoms with Gasteiger partial charge in [0.2, 0.25) is 0 Å². The number of benzene rings is 1. The first-order valence-electron chi connectivity index (χ1n) is 8.34. The zero-order chi connectivity index (χ0) is 16.1. The summed E-state index contributed by atoms with van der Waals surface area (Å²) in [5, 5.41) is 8.24. The van der Waals surface area contributed by atoms with Crippen LogP contribution in [0.15, 0.2) is 46.5 Å². The highest BCUT2D eigenvalue weighted by Gasteiger charge is 2.15. The summed E-state index contributed by atoms with van der Waals surface area (Å²) in [7, 11) is 0. The number of hydrogen-bond acceptors (Lipinski definition) is 2. The Morgan fingerprint density at radius 3 is 1.73 bits per heavy atom. The minimum atomic E-state index is 0.684. The van der Waals surface area contributed by atoms with Crippen LogP contribution in [0.1, 0.15) is 51.7 Å². The van der Waals surface area contributed by atoms with Crippen LogP contribution in [0.2, 0.25) is 0 Å². The summed E-state index contributed by atoms with van der Waals surface area (Å²) in [5.41, 5.74) is 7.56. The first-order valence-corrected chi connectivity index (χ1v) is 8.34. The van der Waals surface area contributed by atoms with E-state index in [-0.39, 0.29) is 0 Å². The molecule has 1 aliphatic carbocycles. The average molecular weight is 294 g/mol. The molecule has 0 fully saturated rings. The molecular formula is C20H26N2. The standard InChI is InChI=1S/C20H26N2/c1-5-14-10-9-11-15(6-2)20(14)22-18-12-16(7-3)19(21)17(8-4)13-18/h9-13,21H,5-8H2,1-4H3. The smallest absolute Gasteiger partial charge is 0.0700 e. The van der Waals surface area contributed by atoms with E-state index in [4.69, 9.17) is 10.4 Å². The first-order chi connectivity index (χ1) is 10.6. The van der Waals surface area contributed by atoms with Gasteiger partial charge in [-0.1, -0.05) is 45.9 Å². The van der Waals surface area contributed by atoms with Crippen molar-refractivity contribution in [3.63, 3.8) is 0 Å². The van der Waals surface area contributed by atoms with Crippen LogP contribution in [-0.4, -0.2) is 11.4 Å². The van der Waals surface area contributed by atoms with Gasteiger partial charge < -0.3 is 5.41 Å². The molecule has 1 aromatic rings. The van der Waals surface area contributed by atoms with Crippen LogP contribution in [-0.2, 0) is 12.8 Å². The minimum Gasteiger partial charge on any atom is -0.300 e. The minimum absolute atomic E-state index is 0.684. The normalized spacial score (nSPS) is 14.7. The molecule has 22 heavy (non-hydrogen) atoms. The third-order valence-electron chi connectivity index (χ3n) is 4.25. The highest BCUT2D eigenvalue weighted by Crippen LogP contribution is 2.28. The molecule has 2 nitrogen and oxygen atoms in total. The van der Waals surface area contributed by atoms with E-state index in [1.807, 2.05) is 0 Å². The molecule has 0 saturated heterocycles. The monoisotopic (exact) mass is 294 g/mol. The van der Waals surface area contributed by atoms with E-state index in [0.29, 0.717) is 5.71 Å². The van der Waals surface area contributed by atoms with Gasteiger partial charge in [0.15, 0.2) is 0 Å². The number of aliphatic imine (C=N–C) groups is 1. The number of para-hydroxylation sites is 1. The Bertz CT molecular complexity index is 612. The van der Waals surface area contributed by atoms with Gasteiger partial charge in [-0.05, 0) is 60.1 Å². The number of allylic oxidation sites excluding steroid dienone is 4. The molecule has 1 aromatic carbocycles. The van der Waals surface area contributed by atoms with E-state index in [0.717, 1.165) is 48.2 Å². The second kappa shape index (κ2) is 7.35. The molecule has 0 atom stereocenters. The maximum absolute atomic E-state index is 8.24. The molecule has 0 saturated carbocycles. The summed E-state index contributed by atoms with van der Waals surface area (Å²) in [5.74, 6) is 0. The lowest BCUT2D eigenvalue weighted by Gasteiger charge is -2.17. The second-order valence-electron chi connectivity index (χ2n) is 5.59. The van der Waals surface area contributed by atoms with Crippen molar-refractivity contribution in [2.75, 3.05) is 0 Å². The quantitative estimate of drug-likeness (QED) is 0.687. The molecule has 0 spiro atoms.